The fourth-order valence-electron chi connectivity index (χ4n) is 1.20. The van der Waals surface area contributed by atoms with Gasteiger partial charge in [0.25, 0.3) is 5.91 Å². The molecule has 7 nitrogen and oxygen atoms in total. The summed E-state index contributed by atoms with van der Waals surface area (Å²) in [5.41, 5.74) is 0.214. The molecule has 0 saturated heterocycles. The highest BCUT2D eigenvalue weighted by Gasteiger charge is 2.10. The Morgan fingerprint density at radius 3 is 3.00 bits per heavy atom. The smallest absolute Gasteiger partial charge is 0.277 e. The molecule has 0 atom stereocenters. The van der Waals surface area contributed by atoms with Crippen LogP contribution in [0, 0.1) is 0 Å². The van der Waals surface area contributed by atoms with E-state index in [1.807, 2.05) is 6.92 Å². The maximum absolute atomic E-state index is 11.7. The third-order valence-electron chi connectivity index (χ3n) is 1.90. The quantitative estimate of drug-likeness (QED) is 0.822. The Balaban J connectivity index is 2.11. The van der Waals surface area contributed by atoms with Crippen molar-refractivity contribution in [2.75, 3.05) is 17.2 Å². The zero-order valence-electron chi connectivity index (χ0n) is 9.17. The molecule has 2 aromatic rings. The number of carbonyl (C=O) groups excluding carboxylic acids is 1. The van der Waals surface area contributed by atoms with Crippen molar-refractivity contribution in [3.63, 3.8) is 0 Å². The number of nitrogens with zero attached hydrogens (tertiary/aromatic N) is 3. The summed E-state index contributed by atoms with van der Waals surface area (Å²) >= 11 is 0. The van der Waals surface area contributed by atoms with Crippen molar-refractivity contribution < 1.29 is 9.32 Å². The van der Waals surface area contributed by atoms with Crippen LogP contribution >= 0.6 is 0 Å². The van der Waals surface area contributed by atoms with Crippen molar-refractivity contribution in [3.05, 3.63) is 30.4 Å². The Morgan fingerprint density at radius 2 is 2.29 bits per heavy atom. The molecule has 7 heteroatoms. The monoisotopic (exact) mass is 233 g/mol. The summed E-state index contributed by atoms with van der Waals surface area (Å²) in [6.45, 7) is 2.65. The third-order valence-corrected chi connectivity index (χ3v) is 1.90. The van der Waals surface area contributed by atoms with Crippen LogP contribution in [0.1, 0.15) is 17.4 Å². The van der Waals surface area contributed by atoms with Crippen LogP contribution in [0.25, 0.3) is 0 Å². The van der Waals surface area contributed by atoms with Crippen molar-refractivity contribution in [1.29, 1.82) is 0 Å². The second kappa shape index (κ2) is 5.06. The zero-order valence-corrected chi connectivity index (χ0v) is 9.17. The standard InChI is InChI=1S/C10H11N5O2/c1-2-12-9-6-11-5-7(13-9)10(16)14-8-3-4-17-15-8/h3-6H,2H2,1H3,(H,12,13)(H,14,15,16). The first kappa shape index (κ1) is 11.1. The first-order valence-electron chi connectivity index (χ1n) is 5.07. The maximum atomic E-state index is 11.7. The lowest BCUT2D eigenvalue weighted by Gasteiger charge is -2.04. The summed E-state index contributed by atoms with van der Waals surface area (Å²) in [5, 5.41) is 9.08. The molecular formula is C10H11N5O2. The van der Waals surface area contributed by atoms with Crippen LogP contribution in [-0.4, -0.2) is 27.6 Å². The minimum Gasteiger partial charge on any atom is -0.369 e. The van der Waals surface area contributed by atoms with E-state index in [1.54, 1.807) is 12.3 Å². The lowest BCUT2D eigenvalue weighted by Crippen LogP contribution is -2.15. The predicted molar refractivity (Wildman–Crippen MR) is 60.7 cm³/mol. The topological polar surface area (TPSA) is 92.9 Å². The highest BCUT2D eigenvalue weighted by Crippen LogP contribution is 2.06. The molecule has 2 aromatic heterocycles. The molecular weight excluding hydrogens is 222 g/mol. The molecule has 0 saturated carbocycles. The first-order chi connectivity index (χ1) is 8.29. The van der Waals surface area contributed by atoms with E-state index in [-0.39, 0.29) is 11.6 Å². The van der Waals surface area contributed by atoms with Gasteiger partial charge in [-0.3, -0.25) is 9.78 Å². The molecule has 0 spiro atoms. The molecule has 0 aromatic carbocycles. The Hall–Kier alpha value is -2.44. The average molecular weight is 233 g/mol. The number of rotatable bonds is 4. The molecule has 0 unspecified atom stereocenters. The normalized spacial score (nSPS) is 9.94. The van der Waals surface area contributed by atoms with Gasteiger partial charge in [-0.15, -0.1) is 0 Å². The van der Waals surface area contributed by atoms with E-state index in [0.717, 1.165) is 0 Å². The molecule has 0 aliphatic rings. The van der Waals surface area contributed by atoms with Crippen LogP contribution in [0.2, 0.25) is 0 Å². The molecule has 2 N–H and O–H groups in total. The third kappa shape index (κ3) is 2.77. The Kier molecular flexibility index (Phi) is 3.29. The van der Waals surface area contributed by atoms with E-state index < -0.39 is 0 Å². The summed E-state index contributed by atoms with van der Waals surface area (Å²) in [5.74, 6) is 0.511. The van der Waals surface area contributed by atoms with Crippen LogP contribution in [0.4, 0.5) is 11.6 Å². The van der Waals surface area contributed by atoms with Gasteiger partial charge in [-0.25, -0.2) is 4.98 Å². The second-order valence-corrected chi connectivity index (χ2v) is 3.16. The molecule has 1 amide bonds. The van der Waals surface area contributed by atoms with E-state index in [4.69, 9.17) is 0 Å². The van der Waals surface area contributed by atoms with Crippen molar-refractivity contribution in [3.8, 4) is 0 Å². The number of carbonyl (C=O) groups is 1. The summed E-state index contributed by atoms with van der Waals surface area (Å²) < 4.78 is 4.60. The van der Waals surface area contributed by atoms with E-state index in [1.165, 1.54) is 12.5 Å². The highest BCUT2D eigenvalue weighted by atomic mass is 16.5. The highest BCUT2D eigenvalue weighted by molar-refractivity contribution is 6.02. The van der Waals surface area contributed by atoms with Crippen LogP contribution < -0.4 is 10.6 Å². The molecule has 0 aliphatic carbocycles. The van der Waals surface area contributed by atoms with Gasteiger partial charge in [-0.2, -0.15) is 0 Å². The average Bonchev–Trinajstić information content (AvgIpc) is 2.83. The Labute approximate surface area is 97.2 Å². The van der Waals surface area contributed by atoms with Gasteiger partial charge in [0, 0.05) is 12.6 Å². The van der Waals surface area contributed by atoms with Crippen LogP contribution in [0.15, 0.2) is 29.2 Å². The fraction of sp³-hybridized carbons (Fsp3) is 0.200. The summed E-state index contributed by atoms with van der Waals surface area (Å²) in [4.78, 5) is 19.8. The summed E-state index contributed by atoms with van der Waals surface area (Å²) in [6.07, 6.45) is 4.31. The van der Waals surface area contributed by atoms with Gasteiger partial charge in [-0.05, 0) is 6.92 Å². The van der Waals surface area contributed by atoms with Crippen molar-refractivity contribution in [1.82, 2.24) is 15.1 Å². The predicted octanol–water partition coefficient (Wildman–Crippen LogP) is 1.15. The van der Waals surface area contributed by atoms with E-state index in [9.17, 15) is 4.79 Å². The summed E-state index contributed by atoms with van der Waals surface area (Å²) in [7, 11) is 0. The van der Waals surface area contributed by atoms with E-state index in [0.29, 0.717) is 18.2 Å². The SMILES string of the molecule is CCNc1cncc(C(=O)Nc2ccon2)n1. The van der Waals surface area contributed by atoms with Crippen LogP contribution in [0.5, 0.6) is 0 Å². The largest absolute Gasteiger partial charge is 0.369 e. The number of hydrogen-bond acceptors (Lipinski definition) is 6. The van der Waals surface area contributed by atoms with Crippen molar-refractivity contribution >= 4 is 17.5 Å². The minimum atomic E-state index is -0.383. The van der Waals surface area contributed by atoms with Gasteiger partial charge in [0.1, 0.15) is 17.8 Å². The molecule has 0 fully saturated rings. The number of hydrogen-bond donors (Lipinski definition) is 2. The number of anilines is 2. The molecule has 17 heavy (non-hydrogen) atoms. The number of amides is 1. The molecule has 2 rings (SSSR count). The minimum absolute atomic E-state index is 0.214. The van der Waals surface area contributed by atoms with Crippen molar-refractivity contribution in [2.24, 2.45) is 0 Å². The molecule has 0 aliphatic heterocycles. The molecule has 88 valence electrons. The van der Waals surface area contributed by atoms with Gasteiger partial charge in [0.2, 0.25) is 0 Å². The maximum Gasteiger partial charge on any atom is 0.277 e. The molecule has 0 bridgehead atoms. The van der Waals surface area contributed by atoms with Gasteiger partial charge < -0.3 is 15.2 Å². The van der Waals surface area contributed by atoms with Gasteiger partial charge in [-0.1, -0.05) is 5.16 Å². The van der Waals surface area contributed by atoms with E-state index in [2.05, 4.69) is 30.3 Å². The van der Waals surface area contributed by atoms with Crippen LogP contribution in [0.3, 0.4) is 0 Å². The summed E-state index contributed by atoms with van der Waals surface area (Å²) in [6, 6.07) is 1.54. The van der Waals surface area contributed by atoms with Gasteiger partial charge >= 0.3 is 0 Å². The zero-order chi connectivity index (χ0) is 12.1. The Bertz CT molecular complexity index is 497. The van der Waals surface area contributed by atoms with Crippen molar-refractivity contribution in [2.45, 2.75) is 6.92 Å². The first-order valence-corrected chi connectivity index (χ1v) is 5.07. The van der Waals surface area contributed by atoms with Gasteiger partial charge in [0.05, 0.1) is 12.4 Å². The second-order valence-electron chi connectivity index (χ2n) is 3.16. The Morgan fingerprint density at radius 1 is 1.41 bits per heavy atom. The van der Waals surface area contributed by atoms with Gasteiger partial charge in [0.15, 0.2) is 5.82 Å². The fourth-order valence-corrected chi connectivity index (χ4v) is 1.20. The lowest BCUT2D eigenvalue weighted by molar-refractivity contribution is 0.102. The van der Waals surface area contributed by atoms with Crippen LogP contribution in [-0.2, 0) is 0 Å². The molecule has 0 radical (unpaired) electrons. The lowest BCUT2D eigenvalue weighted by atomic mass is 10.4. The molecule has 2 heterocycles. The van der Waals surface area contributed by atoms with E-state index >= 15 is 0 Å². The number of aromatic nitrogens is 3. The number of nitrogens with one attached hydrogen (secondary N) is 2.